The van der Waals surface area contributed by atoms with E-state index >= 15 is 0 Å². The summed E-state index contributed by atoms with van der Waals surface area (Å²) in [6.45, 7) is 0.328. The monoisotopic (exact) mass is 211 g/mol. The Morgan fingerprint density at radius 2 is 2.36 bits per heavy atom. The normalized spacial score (nSPS) is 10.8. The second kappa shape index (κ2) is 3.48. The van der Waals surface area contributed by atoms with Crippen molar-refractivity contribution in [2.24, 2.45) is 5.73 Å². The van der Waals surface area contributed by atoms with Gasteiger partial charge in [0.15, 0.2) is 11.0 Å². The summed E-state index contributed by atoms with van der Waals surface area (Å²) in [5.41, 5.74) is 6.37. The molecular weight excluding hydrogens is 202 g/mol. The summed E-state index contributed by atoms with van der Waals surface area (Å²) in [5.74, 6) is 1.38. The molecule has 0 aliphatic rings. The van der Waals surface area contributed by atoms with Crippen molar-refractivity contribution in [3.63, 3.8) is 0 Å². The van der Waals surface area contributed by atoms with Gasteiger partial charge in [-0.25, -0.2) is 4.98 Å². The SMILES string of the molecule is COc1cccc2c(Cl)nc(CN)n12. The van der Waals surface area contributed by atoms with Crippen molar-refractivity contribution in [3.05, 3.63) is 29.2 Å². The number of pyridine rings is 1. The van der Waals surface area contributed by atoms with Gasteiger partial charge in [0.05, 0.1) is 19.2 Å². The number of hydrogen-bond donors (Lipinski definition) is 1. The molecule has 0 saturated carbocycles. The Bertz CT molecular complexity index is 466. The molecule has 0 aliphatic carbocycles. The van der Waals surface area contributed by atoms with E-state index in [0.717, 1.165) is 5.52 Å². The third-order valence-electron chi connectivity index (χ3n) is 2.04. The largest absolute Gasteiger partial charge is 0.482 e. The van der Waals surface area contributed by atoms with Crippen molar-refractivity contribution in [2.45, 2.75) is 6.54 Å². The first kappa shape index (κ1) is 9.30. The Morgan fingerprint density at radius 3 is 3.00 bits per heavy atom. The molecule has 0 unspecified atom stereocenters. The first-order valence-electron chi connectivity index (χ1n) is 4.18. The summed E-state index contributed by atoms with van der Waals surface area (Å²) >= 11 is 5.94. The van der Waals surface area contributed by atoms with Gasteiger partial charge >= 0.3 is 0 Å². The molecular formula is C9H10ClN3O. The van der Waals surface area contributed by atoms with Crippen LogP contribution in [0.15, 0.2) is 18.2 Å². The standard InChI is InChI=1S/C9H10ClN3O/c1-14-8-4-2-3-6-9(10)12-7(5-11)13(6)8/h2-4H,5,11H2,1H3. The van der Waals surface area contributed by atoms with Gasteiger partial charge in [-0.1, -0.05) is 17.7 Å². The van der Waals surface area contributed by atoms with E-state index in [4.69, 9.17) is 22.1 Å². The molecule has 2 N–H and O–H groups in total. The Kier molecular flexibility index (Phi) is 2.31. The maximum atomic E-state index is 5.94. The van der Waals surface area contributed by atoms with Crippen LogP contribution in [-0.2, 0) is 6.54 Å². The van der Waals surface area contributed by atoms with Crippen LogP contribution in [0.2, 0.25) is 5.15 Å². The summed E-state index contributed by atoms with van der Waals surface area (Å²) in [6.07, 6.45) is 0. The lowest BCUT2D eigenvalue weighted by molar-refractivity contribution is 0.390. The van der Waals surface area contributed by atoms with Crippen LogP contribution in [0, 0.1) is 0 Å². The van der Waals surface area contributed by atoms with Gasteiger partial charge in [0.1, 0.15) is 5.82 Å². The van der Waals surface area contributed by atoms with E-state index in [0.29, 0.717) is 23.4 Å². The van der Waals surface area contributed by atoms with Gasteiger partial charge in [-0.2, -0.15) is 0 Å². The molecule has 2 rings (SSSR count). The van der Waals surface area contributed by atoms with Crippen molar-refractivity contribution in [2.75, 3.05) is 7.11 Å². The topological polar surface area (TPSA) is 52.5 Å². The van der Waals surface area contributed by atoms with Crippen molar-refractivity contribution in [1.82, 2.24) is 9.38 Å². The molecule has 4 nitrogen and oxygen atoms in total. The molecule has 0 atom stereocenters. The van der Waals surface area contributed by atoms with Crippen molar-refractivity contribution in [3.8, 4) is 5.88 Å². The highest BCUT2D eigenvalue weighted by atomic mass is 35.5. The number of fused-ring (bicyclic) bond motifs is 1. The molecule has 0 radical (unpaired) electrons. The van der Waals surface area contributed by atoms with Crippen LogP contribution in [0.1, 0.15) is 5.82 Å². The number of nitrogens with two attached hydrogens (primary N) is 1. The molecule has 0 saturated heterocycles. The van der Waals surface area contributed by atoms with E-state index in [-0.39, 0.29) is 0 Å². The van der Waals surface area contributed by atoms with Gasteiger partial charge in [0.2, 0.25) is 0 Å². The lowest BCUT2D eigenvalue weighted by Gasteiger charge is -2.05. The fraction of sp³-hybridized carbons (Fsp3) is 0.222. The van der Waals surface area contributed by atoms with Crippen molar-refractivity contribution < 1.29 is 4.74 Å². The third-order valence-corrected chi connectivity index (χ3v) is 2.32. The van der Waals surface area contributed by atoms with E-state index in [1.54, 1.807) is 7.11 Å². The molecule has 0 bridgehead atoms. The number of ether oxygens (including phenoxy) is 1. The van der Waals surface area contributed by atoms with Gasteiger partial charge in [-0.15, -0.1) is 0 Å². The quantitative estimate of drug-likeness (QED) is 0.818. The van der Waals surface area contributed by atoms with Crippen LogP contribution in [0.3, 0.4) is 0 Å². The van der Waals surface area contributed by atoms with Gasteiger partial charge < -0.3 is 10.5 Å². The summed E-state index contributed by atoms with van der Waals surface area (Å²) in [6, 6.07) is 5.57. The van der Waals surface area contributed by atoms with E-state index in [1.165, 1.54) is 0 Å². The number of methoxy groups -OCH3 is 1. The Morgan fingerprint density at radius 1 is 1.57 bits per heavy atom. The van der Waals surface area contributed by atoms with Crippen molar-refractivity contribution in [1.29, 1.82) is 0 Å². The first-order valence-corrected chi connectivity index (χ1v) is 4.55. The van der Waals surface area contributed by atoms with Crippen LogP contribution >= 0.6 is 11.6 Å². The molecule has 14 heavy (non-hydrogen) atoms. The number of rotatable bonds is 2. The predicted molar refractivity (Wildman–Crippen MR) is 54.6 cm³/mol. The minimum Gasteiger partial charge on any atom is -0.482 e. The highest BCUT2D eigenvalue weighted by Gasteiger charge is 2.10. The fourth-order valence-corrected chi connectivity index (χ4v) is 1.68. The predicted octanol–water partition coefficient (Wildman–Crippen LogP) is 1.45. The zero-order valence-electron chi connectivity index (χ0n) is 7.70. The minimum absolute atomic E-state index is 0.328. The molecule has 2 aromatic heterocycles. The van der Waals surface area contributed by atoms with E-state index in [9.17, 15) is 0 Å². The highest BCUT2D eigenvalue weighted by molar-refractivity contribution is 6.32. The Labute approximate surface area is 86.3 Å². The van der Waals surface area contributed by atoms with Gasteiger partial charge in [0, 0.05) is 0 Å². The maximum Gasteiger partial charge on any atom is 0.199 e. The van der Waals surface area contributed by atoms with Crippen LogP contribution in [0.5, 0.6) is 5.88 Å². The number of imidazole rings is 1. The molecule has 0 fully saturated rings. The highest BCUT2D eigenvalue weighted by Crippen LogP contribution is 2.23. The molecule has 5 heteroatoms. The lowest BCUT2D eigenvalue weighted by Crippen LogP contribution is -2.04. The lowest BCUT2D eigenvalue weighted by atomic mass is 10.4. The molecule has 2 heterocycles. The second-order valence-electron chi connectivity index (χ2n) is 2.81. The van der Waals surface area contributed by atoms with Crippen LogP contribution in [0.25, 0.3) is 5.52 Å². The van der Waals surface area contributed by atoms with Gasteiger partial charge in [-0.3, -0.25) is 4.40 Å². The minimum atomic E-state index is 0.328. The number of aromatic nitrogens is 2. The van der Waals surface area contributed by atoms with Crippen LogP contribution < -0.4 is 10.5 Å². The molecule has 0 amide bonds. The van der Waals surface area contributed by atoms with E-state index in [1.807, 2.05) is 22.6 Å². The summed E-state index contributed by atoms with van der Waals surface area (Å²) < 4.78 is 7.00. The average molecular weight is 212 g/mol. The summed E-state index contributed by atoms with van der Waals surface area (Å²) in [5, 5.41) is 0.448. The molecule has 74 valence electrons. The molecule has 0 aliphatic heterocycles. The fourth-order valence-electron chi connectivity index (χ4n) is 1.43. The number of hydrogen-bond acceptors (Lipinski definition) is 3. The third kappa shape index (κ3) is 1.23. The smallest absolute Gasteiger partial charge is 0.199 e. The number of halogens is 1. The van der Waals surface area contributed by atoms with Gasteiger partial charge in [-0.05, 0) is 12.1 Å². The summed E-state index contributed by atoms with van der Waals surface area (Å²) in [7, 11) is 1.60. The zero-order chi connectivity index (χ0) is 10.1. The van der Waals surface area contributed by atoms with Crippen LogP contribution in [-0.4, -0.2) is 16.5 Å². The summed E-state index contributed by atoms with van der Waals surface area (Å²) in [4.78, 5) is 4.14. The van der Waals surface area contributed by atoms with Gasteiger partial charge in [0.25, 0.3) is 0 Å². The Hall–Kier alpha value is -1.26. The number of nitrogens with zero attached hydrogens (tertiary/aromatic N) is 2. The second-order valence-corrected chi connectivity index (χ2v) is 3.17. The zero-order valence-corrected chi connectivity index (χ0v) is 8.45. The van der Waals surface area contributed by atoms with E-state index < -0.39 is 0 Å². The van der Waals surface area contributed by atoms with Crippen LogP contribution in [0.4, 0.5) is 0 Å². The molecule has 2 aromatic rings. The molecule has 0 spiro atoms. The molecule has 0 aromatic carbocycles. The van der Waals surface area contributed by atoms with E-state index in [2.05, 4.69) is 4.98 Å². The Balaban J connectivity index is 2.82. The average Bonchev–Trinajstić information content (AvgIpc) is 2.56. The van der Waals surface area contributed by atoms with Crippen molar-refractivity contribution >= 4 is 17.1 Å². The first-order chi connectivity index (χ1) is 6.77. The maximum absolute atomic E-state index is 5.94.